The first-order valence-corrected chi connectivity index (χ1v) is 6.38. The summed E-state index contributed by atoms with van der Waals surface area (Å²) in [4.78, 5) is 7.52. The van der Waals surface area contributed by atoms with E-state index in [1.807, 2.05) is 12.4 Å². The topological polar surface area (TPSA) is 83.4 Å². The second-order valence-corrected chi connectivity index (χ2v) is 5.17. The highest BCUT2D eigenvalue weighted by Crippen LogP contribution is 2.37. The Bertz CT molecular complexity index is 710. The molecule has 3 aromatic rings. The molecular weight excluding hydrogens is 226 g/mol. The molecule has 0 bridgehead atoms. The molecule has 18 heavy (non-hydrogen) atoms. The molecule has 3 heterocycles. The van der Waals surface area contributed by atoms with Crippen molar-refractivity contribution in [1.29, 1.82) is 0 Å². The van der Waals surface area contributed by atoms with E-state index in [4.69, 9.17) is 5.73 Å². The third-order valence-corrected chi connectivity index (χ3v) is 4.00. The van der Waals surface area contributed by atoms with Crippen LogP contribution in [0.25, 0.3) is 21.9 Å². The summed E-state index contributed by atoms with van der Waals surface area (Å²) < 4.78 is 0. The van der Waals surface area contributed by atoms with Gasteiger partial charge in [-0.15, -0.1) is 0 Å². The van der Waals surface area contributed by atoms with Crippen LogP contribution in [0.2, 0.25) is 0 Å². The third-order valence-electron chi connectivity index (χ3n) is 4.00. The number of H-pyrrole nitrogens is 2. The maximum Gasteiger partial charge on any atom is 0.138 e. The Morgan fingerprint density at radius 2 is 2.28 bits per heavy atom. The summed E-state index contributed by atoms with van der Waals surface area (Å²) in [6, 6.07) is 2.39. The van der Waals surface area contributed by atoms with Gasteiger partial charge in [0.1, 0.15) is 5.65 Å². The Labute approximate surface area is 104 Å². The normalized spacial score (nSPS) is 24.3. The Hall–Kier alpha value is -1.88. The van der Waals surface area contributed by atoms with Crippen LogP contribution in [0, 0.1) is 0 Å². The number of nitrogens with one attached hydrogen (secondary N) is 2. The fourth-order valence-corrected chi connectivity index (χ4v) is 3.11. The van der Waals surface area contributed by atoms with Crippen molar-refractivity contribution in [2.45, 2.75) is 31.2 Å². The van der Waals surface area contributed by atoms with E-state index in [1.54, 1.807) is 0 Å². The summed E-state index contributed by atoms with van der Waals surface area (Å²) in [5, 5.41) is 9.96. The van der Waals surface area contributed by atoms with Crippen LogP contribution in [0.5, 0.6) is 0 Å². The van der Waals surface area contributed by atoms with Gasteiger partial charge in [0, 0.05) is 28.9 Å². The minimum absolute atomic E-state index is 0.324. The average Bonchev–Trinajstić information content (AvgIpc) is 3.03. The lowest BCUT2D eigenvalue weighted by molar-refractivity contribution is 0.663. The molecule has 1 aliphatic rings. The number of fused-ring (bicyclic) bond motifs is 3. The number of aromatic amines is 2. The van der Waals surface area contributed by atoms with Crippen LogP contribution in [0.4, 0.5) is 0 Å². The summed E-state index contributed by atoms with van der Waals surface area (Å²) in [5.74, 6) is 0.481. The molecule has 1 fully saturated rings. The second kappa shape index (κ2) is 3.55. The van der Waals surface area contributed by atoms with Gasteiger partial charge in [-0.1, -0.05) is 0 Å². The zero-order valence-electron chi connectivity index (χ0n) is 9.98. The summed E-state index contributed by atoms with van der Waals surface area (Å²) in [5.41, 5.74) is 9.10. The molecule has 1 saturated carbocycles. The molecule has 0 radical (unpaired) electrons. The number of pyridine rings is 1. The second-order valence-electron chi connectivity index (χ2n) is 5.17. The van der Waals surface area contributed by atoms with E-state index in [0.29, 0.717) is 12.0 Å². The number of rotatable bonds is 1. The number of nitrogens with two attached hydrogens (primary N) is 1. The van der Waals surface area contributed by atoms with E-state index in [-0.39, 0.29) is 0 Å². The molecule has 4 N–H and O–H groups in total. The fourth-order valence-electron chi connectivity index (χ4n) is 3.11. The van der Waals surface area contributed by atoms with Crippen molar-refractivity contribution >= 4 is 21.9 Å². The van der Waals surface area contributed by atoms with Crippen molar-refractivity contribution in [3.05, 3.63) is 24.2 Å². The molecule has 4 rings (SSSR count). The van der Waals surface area contributed by atoms with Gasteiger partial charge in [0.2, 0.25) is 0 Å². The smallest absolute Gasteiger partial charge is 0.138 e. The number of hydrogen-bond acceptors (Lipinski definition) is 3. The maximum absolute atomic E-state index is 6.01. The van der Waals surface area contributed by atoms with E-state index in [0.717, 1.165) is 41.5 Å². The van der Waals surface area contributed by atoms with Crippen molar-refractivity contribution in [1.82, 2.24) is 20.2 Å². The SMILES string of the molecule is N[C@@H]1CCC(c2n[nH]c3cnc4[nH]ccc4c23)C1. The van der Waals surface area contributed by atoms with E-state index in [9.17, 15) is 0 Å². The molecule has 92 valence electrons. The molecular formula is C13H15N5. The van der Waals surface area contributed by atoms with E-state index >= 15 is 0 Å². The summed E-state index contributed by atoms with van der Waals surface area (Å²) in [7, 11) is 0. The first-order chi connectivity index (χ1) is 8.83. The minimum atomic E-state index is 0.324. The zero-order chi connectivity index (χ0) is 12.1. The molecule has 0 amide bonds. The Morgan fingerprint density at radius 3 is 3.11 bits per heavy atom. The predicted octanol–water partition coefficient (Wildman–Crippen LogP) is 2.03. The lowest BCUT2D eigenvalue weighted by atomic mass is 9.99. The highest BCUT2D eigenvalue weighted by Gasteiger charge is 2.27. The molecule has 0 aromatic carbocycles. The zero-order valence-corrected chi connectivity index (χ0v) is 9.98. The maximum atomic E-state index is 6.01. The lowest BCUT2D eigenvalue weighted by Crippen LogP contribution is -2.14. The van der Waals surface area contributed by atoms with Crippen molar-refractivity contribution < 1.29 is 0 Å². The highest BCUT2D eigenvalue weighted by atomic mass is 15.1. The first-order valence-electron chi connectivity index (χ1n) is 6.38. The summed E-state index contributed by atoms with van der Waals surface area (Å²) >= 11 is 0. The van der Waals surface area contributed by atoms with Crippen molar-refractivity contribution in [3.8, 4) is 0 Å². The van der Waals surface area contributed by atoms with Crippen molar-refractivity contribution in [2.24, 2.45) is 5.73 Å². The fraction of sp³-hybridized carbons (Fsp3) is 0.385. The van der Waals surface area contributed by atoms with Gasteiger partial charge in [-0.25, -0.2) is 4.98 Å². The van der Waals surface area contributed by atoms with Gasteiger partial charge < -0.3 is 10.7 Å². The molecule has 0 aliphatic heterocycles. The molecule has 1 aliphatic carbocycles. The van der Waals surface area contributed by atoms with Gasteiger partial charge in [-0.05, 0) is 25.3 Å². The molecule has 1 unspecified atom stereocenters. The highest BCUT2D eigenvalue weighted by molar-refractivity contribution is 6.04. The van der Waals surface area contributed by atoms with Crippen molar-refractivity contribution in [2.75, 3.05) is 0 Å². The van der Waals surface area contributed by atoms with Gasteiger partial charge >= 0.3 is 0 Å². The van der Waals surface area contributed by atoms with Gasteiger partial charge in [-0.3, -0.25) is 5.10 Å². The predicted molar refractivity (Wildman–Crippen MR) is 70.3 cm³/mol. The van der Waals surface area contributed by atoms with Crippen LogP contribution in [0.1, 0.15) is 30.9 Å². The number of nitrogens with zero attached hydrogens (tertiary/aromatic N) is 2. The Kier molecular flexibility index (Phi) is 1.99. The van der Waals surface area contributed by atoms with Crippen LogP contribution < -0.4 is 5.73 Å². The van der Waals surface area contributed by atoms with Crippen molar-refractivity contribution in [3.63, 3.8) is 0 Å². The molecule has 5 nitrogen and oxygen atoms in total. The number of aromatic nitrogens is 4. The first kappa shape index (κ1) is 10.1. The van der Waals surface area contributed by atoms with E-state index in [2.05, 4.69) is 26.2 Å². The molecule has 3 aromatic heterocycles. The van der Waals surface area contributed by atoms with E-state index in [1.165, 1.54) is 5.39 Å². The van der Waals surface area contributed by atoms with Gasteiger partial charge in [0.15, 0.2) is 0 Å². The van der Waals surface area contributed by atoms with Crippen LogP contribution in [-0.4, -0.2) is 26.2 Å². The summed E-state index contributed by atoms with van der Waals surface area (Å²) in [6.45, 7) is 0. The molecule has 5 heteroatoms. The monoisotopic (exact) mass is 241 g/mol. The van der Waals surface area contributed by atoms with Gasteiger partial charge in [0.05, 0.1) is 17.4 Å². The van der Waals surface area contributed by atoms with Crippen LogP contribution in [-0.2, 0) is 0 Å². The quantitative estimate of drug-likeness (QED) is 0.609. The summed E-state index contributed by atoms with van der Waals surface area (Å²) in [6.07, 6.45) is 7.04. The molecule has 0 saturated heterocycles. The van der Waals surface area contributed by atoms with Crippen LogP contribution >= 0.6 is 0 Å². The largest absolute Gasteiger partial charge is 0.346 e. The third kappa shape index (κ3) is 1.31. The minimum Gasteiger partial charge on any atom is -0.346 e. The molecule has 2 atom stereocenters. The Balaban J connectivity index is 1.97. The van der Waals surface area contributed by atoms with Crippen LogP contribution in [0.3, 0.4) is 0 Å². The average molecular weight is 241 g/mol. The Morgan fingerprint density at radius 1 is 1.33 bits per heavy atom. The van der Waals surface area contributed by atoms with Gasteiger partial charge in [0.25, 0.3) is 0 Å². The lowest BCUT2D eigenvalue weighted by Gasteiger charge is -2.06. The number of hydrogen-bond donors (Lipinski definition) is 3. The van der Waals surface area contributed by atoms with Crippen LogP contribution in [0.15, 0.2) is 18.5 Å². The van der Waals surface area contributed by atoms with Gasteiger partial charge in [-0.2, -0.15) is 5.10 Å². The van der Waals surface area contributed by atoms with E-state index < -0.39 is 0 Å². The standard InChI is InChI=1S/C13H15N5/c14-8-2-1-7(5-8)12-11-9-3-4-15-13(9)16-6-10(11)17-18-12/h3-4,6-8H,1-2,5,14H2,(H,15,16)(H,17,18)/t7?,8-/m1/s1. The molecule has 0 spiro atoms.